The molecule has 0 saturated carbocycles. The van der Waals surface area contributed by atoms with E-state index in [2.05, 4.69) is 16.5 Å². The normalized spacial score (nSPS) is 15.5. The summed E-state index contributed by atoms with van der Waals surface area (Å²) in [7, 11) is -2.92. The number of nitrogens with zero attached hydrogens (tertiary/aromatic N) is 2. The lowest BCUT2D eigenvalue weighted by molar-refractivity contribution is 0.0325. The van der Waals surface area contributed by atoms with E-state index in [4.69, 9.17) is 0 Å². The number of thiazole rings is 1. The van der Waals surface area contributed by atoms with Crippen LogP contribution in [0.5, 0.6) is 0 Å². The number of hydrogen-bond acceptors (Lipinski definition) is 4. The first kappa shape index (κ1) is 13.2. The quantitative estimate of drug-likeness (QED) is 0.814. The van der Waals surface area contributed by atoms with Gasteiger partial charge in [-0.15, -0.1) is 11.3 Å². The van der Waals surface area contributed by atoms with Crippen molar-refractivity contribution >= 4 is 32.4 Å². The number of hydrogen-bond donors (Lipinski definition) is 0. The third-order valence-electron chi connectivity index (χ3n) is 2.17. The van der Waals surface area contributed by atoms with Crippen LogP contribution in [0.2, 0.25) is 0 Å². The molecule has 0 amide bonds. The van der Waals surface area contributed by atoms with E-state index >= 15 is 0 Å². The summed E-state index contributed by atoms with van der Waals surface area (Å²) in [5.74, 6) is 0. The van der Waals surface area contributed by atoms with E-state index in [0.29, 0.717) is 10.8 Å². The number of rotatable bonds is 4. The van der Waals surface area contributed by atoms with Gasteiger partial charge in [-0.05, 0) is 6.07 Å². The van der Waals surface area contributed by atoms with E-state index < -0.39 is 27.3 Å². The minimum atomic E-state index is -4.08. The highest BCUT2D eigenvalue weighted by Gasteiger charge is 2.47. The van der Waals surface area contributed by atoms with Gasteiger partial charge in [0.25, 0.3) is 0 Å². The summed E-state index contributed by atoms with van der Waals surface area (Å²) in [6.45, 7) is 2.93. The molecule has 0 aliphatic carbocycles. The fourth-order valence-corrected chi connectivity index (χ4v) is 3.06. The van der Waals surface area contributed by atoms with Crippen molar-refractivity contribution in [1.29, 1.82) is 0 Å². The van der Waals surface area contributed by atoms with E-state index in [1.165, 1.54) is 23.0 Å². The molecule has 2 rings (SSSR count). The fourth-order valence-electron chi connectivity index (χ4n) is 1.27. The Balaban J connectivity index is 2.52. The highest BCUT2D eigenvalue weighted by Crippen LogP contribution is 2.33. The zero-order valence-corrected chi connectivity index (χ0v) is 10.5. The first-order valence-corrected chi connectivity index (χ1v) is 6.76. The highest BCUT2D eigenvalue weighted by molar-refractivity contribution is 7.86. The minimum Gasteiger partial charge on any atom is -0.246 e. The van der Waals surface area contributed by atoms with Crippen LogP contribution in [-0.2, 0) is 10.8 Å². The summed E-state index contributed by atoms with van der Waals surface area (Å²) in [5, 5.41) is -4.49. The van der Waals surface area contributed by atoms with E-state index in [0.717, 1.165) is 0 Å². The van der Waals surface area contributed by atoms with Crippen molar-refractivity contribution in [3.63, 3.8) is 0 Å². The number of alkyl halides is 3. The summed E-state index contributed by atoms with van der Waals surface area (Å²) in [4.78, 5) is 7.44. The molecule has 2 unspecified atom stereocenters. The molecule has 2 atom stereocenters. The zero-order chi connectivity index (χ0) is 13.3. The van der Waals surface area contributed by atoms with Gasteiger partial charge in [0.2, 0.25) is 0 Å². The zero-order valence-electron chi connectivity index (χ0n) is 8.85. The summed E-state index contributed by atoms with van der Waals surface area (Å²) in [5.41, 5.74) is 1.53. The van der Waals surface area contributed by atoms with Gasteiger partial charge < -0.3 is 0 Å². The molecule has 0 bridgehead atoms. The number of fused-ring (bicyclic) bond motifs is 1. The lowest BCUT2D eigenvalue weighted by Crippen LogP contribution is -2.34. The Morgan fingerprint density at radius 3 is 2.89 bits per heavy atom. The van der Waals surface area contributed by atoms with Gasteiger partial charge in [0.05, 0.1) is 10.2 Å². The Labute approximate surface area is 107 Å². The van der Waals surface area contributed by atoms with Crippen molar-refractivity contribution in [2.45, 2.75) is 16.5 Å². The van der Waals surface area contributed by atoms with Crippen LogP contribution in [0.1, 0.15) is 0 Å². The fraction of sp³-hybridized carbons (Fsp3) is 0.200. The molecule has 96 valence electrons. The monoisotopic (exact) mass is 292 g/mol. The third-order valence-corrected chi connectivity index (χ3v) is 4.33. The average Bonchev–Trinajstić information content (AvgIpc) is 2.84. The third kappa shape index (κ3) is 2.05. The molecule has 18 heavy (non-hydrogen) atoms. The van der Waals surface area contributed by atoms with E-state index in [9.17, 15) is 17.4 Å². The van der Waals surface area contributed by atoms with Crippen molar-refractivity contribution < 1.29 is 17.4 Å². The van der Waals surface area contributed by atoms with Crippen LogP contribution >= 0.6 is 11.3 Å². The molecule has 2 heterocycles. The van der Waals surface area contributed by atoms with Crippen LogP contribution in [0, 0.1) is 0 Å². The standard InChI is InChI=1S/C10H7F3N2OS2/c1-2-7(11)10(12,13)18(16)9-8-6(3-4-14-9)17-5-15-8/h2-5,7H,1H2. The van der Waals surface area contributed by atoms with E-state index in [1.54, 1.807) is 6.07 Å². The summed E-state index contributed by atoms with van der Waals surface area (Å²) < 4.78 is 52.4. The first-order chi connectivity index (χ1) is 8.48. The lowest BCUT2D eigenvalue weighted by Gasteiger charge is -2.16. The van der Waals surface area contributed by atoms with E-state index in [1.807, 2.05) is 0 Å². The van der Waals surface area contributed by atoms with Gasteiger partial charge in [0.15, 0.2) is 11.2 Å². The molecule has 8 heteroatoms. The second-order valence-electron chi connectivity index (χ2n) is 3.28. The Hall–Kier alpha value is -1.28. The molecule has 0 radical (unpaired) electrons. The summed E-state index contributed by atoms with van der Waals surface area (Å²) in [6.07, 6.45) is -1.04. The number of allylic oxidation sites excluding steroid dienone is 1. The molecular weight excluding hydrogens is 285 g/mol. The van der Waals surface area contributed by atoms with Crippen LogP contribution in [-0.4, -0.2) is 25.6 Å². The van der Waals surface area contributed by atoms with Crippen molar-refractivity contribution in [2.24, 2.45) is 0 Å². The maximum atomic E-state index is 13.5. The molecule has 0 fully saturated rings. The van der Waals surface area contributed by atoms with Crippen molar-refractivity contribution in [1.82, 2.24) is 9.97 Å². The summed E-state index contributed by atoms with van der Waals surface area (Å²) in [6, 6.07) is 1.56. The average molecular weight is 292 g/mol. The van der Waals surface area contributed by atoms with Gasteiger partial charge in [-0.1, -0.05) is 12.7 Å². The smallest absolute Gasteiger partial charge is 0.246 e. The second kappa shape index (κ2) is 4.77. The van der Waals surface area contributed by atoms with Crippen LogP contribution in [0.25, 0.3) is 10.2 Å². The SMILES string of the molecule is C=CC(F)C(F)(F)S(=O)c1nccc2scnc12. The predicted molar refractivity (Wildman–Crippen MR) is 63.9 cm³/mol. The minimum absolute atomic E-state index is 0.108. The Kier molecular flexibility index (Phi) is 3.49. The second-order valence-corrected chi connectivity index (χ2v) is 5.64. The molecule has 0 saturated heterocycles. The molecule has 0 aliphatic heterocycles. The van der Waals surface area contributed by atoms with Crippen LogP contribution < -0.4 is 0 Å². The Morgan fingerprint density at radius 1 is 1.50 bits per heavy atom. The topological polar surface area (TPSA) is 42.9 Å². The van der Waals surface area contributed by atoms with Gasteiger partial charge in [-0.25, -0.2) is 18.6 Å². The van der Waals surface area contributed by atoms with Gasteiger partial charge in [-0.3, -0.25) is 0 Å². The van der Waals surface area contributed by atoms with Crippen LogP contribution in [0.15, 0.2) is 35.5 Å². The molecule has 0 aromatic carbocycles. The van der Waals surface area contributed by atoms with Gasteiger partial charge in [0, 0.05) is 6.20 Å². The number of pyridine rings is 1. The molecule has 0 N–H and O–H groups in total. The van der Waals surface area contributed by atoms with Gasteiger partial charge in [0.1, 0.15) is 16.3 Å². The molecule has 0 aliphatic rings. The highest BCUT2D eigenvalue weighted by atomic mass is 32.2. The van der Waals surface area contributed by atoms with E-state index in [-0.39, 0.29) is 5.52 Å². The molecule has 2 aromatic heterocycles. The van der Waals surface area contributed by atoms with Crippen molar-refractivity contribution in [3.8, 4) is 0 Å². The largest absolute Gasteiger partial charge is 0.360 e. The summed E-state index contributed by atoms with van der Waals surface area (Å²) >= 11 is 1.20. The van der Waals surface area contributed by atoms with Crippen LogP contribution in [0.3, 0.4) is 0 Å². The van der Waals surface area contributed by atoms with Gasteiger partial charge >= 0.3 is 5.25 Å². The maximum Gasteiger partial charge on any atom is 0.360 e. The molecule has 0 spiro atoms. The molecule has 3 nitrogen and oxygen atoms in total. The predicted octanol–water partition coefficient (Wildman–Crippen LogP) is 2.92. The lowest BCUT2D eigenvalue weighted by atomic mass is 10.4. The maximum absolute atomic E-state index is 13.5. The number of halogens is 3. The first-order valence-electron chi connectivity index (χ1n) is 4.73. The van der Waals surface area contributed by atoms with Gasteiger partial charge in [-0.2, -0.15) is 8.78 Å². The Morgan fingerprint density at radius 2 is 2.22 bits per heavy atom. The van der Waals surface area contributed by atoms with Crippen molar-refractivity contribution in [3.05, 3.63) is 30.4 Å². The number of aromatic nitrogens is 2. The van der Waals surface area contributed by atoms with Crippen LogP contribution in [0.4, 0.5) is 13.2 Å². The molecular formula is C10H7F3N2OS2. The molecule has 2 aromatic rings. The van der Waals surface area contributed by atoms with Crippen molar-refractivity contribution in [2.75, 3.05) is 0 Å². The Bertz CT molecular complexity index is 614.